The molecule has 2 aromatic heterocycles. The van der Waals surface area contributed by atoms with Gasteiger partial charge in [-0.05, 0) is 31.0 Å². The van der Waals surface area contributed by atoms with Gasteiger partial charge in [0.15, 0.2) is 6.17 Å². The highest BCUT2D eigenvalue weighted by Gasteiger charge is 2.41. The van der Waals surface area contributed by atoms with E-state index in [0.717, 1.165) is 19.3 Å². The molecule has 0 saturated carbocycles. The van der Waals surface area contributed by atoms with E-state index in [4.69, 9.17) is 4.74 Å². The van der Waals surface area contributed by atoms with Gasteiger partial charge >= 0.3 is 0 Å². The van der Waals surface area contributed by atoms with Crippen molar-refractivity contribution in [1.82, 2.24) is 25.3 Å². The molecule has 2 N–H and O–H groups in total. The molecule has 5 rings (SSSR count). The molecule has 162 valence electrons. The molecule has 4 heterocycles. The van der Waals surface area contributed by atoms with E-state index in [9.17, 15) is 13.9 Å². The lowest BCUT2D eigenvalue weighted by atomic mass is 9.84. The number of hydrogen-bond donors (Lipinski definition) is 2. The van der Waals surface area contributed by atoms with Gasteiger partial charge in [0.1, 0.15) is 17.7 Å². The van der Waals surface area contributed by atoms with Crippen LogP contribution in [0.2, 0.25) is 0 Å². The van der Waals surface area contributed by atoms with Crippen molar-refractivity contribution in [2.75, 3.05) is 0 Å². The Hall–Kier alpha value is -3.07. The van der Waals surface area contributed by atoms with E-state index in [1.807, 2.05) is 0 Å². The summed E-state index contributed by atoms with van der Waals surface area (Å²) in [5.74, 6) is -0.425. The smallest absolute Gasteiger partial charge is 0.233 e. The maximum Gasteiger partial charge on any atom is 0.233 e. The zero-order chi connectivity index (χ0) is 21.5. The van der Waals surface area contributed by atoms with Crippen LogP contribution in [0.4, 0.5) is 8.78 Å². The Morgan fingerprint density at radius 1 is 1.19 bits per heavy atom. The standard InChI is InChI=1S/C22H23F2N5O2/c1-29-11-12(10-25-29)14-9-19(30)15(8-16(14)23)17-5-6-21(28-27-17)31-20-7-13-3-2-4-18(26-13)22(20)24/h5-6,8-11,13,18,20,22,26,30H,2-4,7H2,1H3/t13?,18?,20-,22+/m1/s1. The number of phenols is 1. The van der Waals surface area contributed by atoms with Gasteiger partial charge in [0.05, 0.1) is 11.9 Å². The van der Waals surface area contributed by atoms with E-state index in [-0.39, 0.29) is 34.8 Å². The van der Waals surface area contributed by atoms with Crippen LogP contribution in [0.25, 0.3) is 22.4 Å². The summed E-state index contributed by atoms with van der Waals surface area (Å²) < 4.78 is 36.7. The lowest BCUT2D eigenvalue weighted by Gasteiger charge is -2.42. The van der Waals surface area contributed by atoms with Crippen LogP contribution < -0.4 is 10.1 Å². The van der Waals surface area contributed by atoms with Gasteiger partial charge in [0.25, 0.3) is 0 Å². The Morgan fingerprint density at radius 2 is 2.06 bits per heavy atom. The molecule has 31 heavy (non-hydrogen) atoms. The summed E-state index contributed by atoms with van der Waals surface area (Å²) >= 11 is 0. The first kappa shape index (κ1) is 19.9. The molecule has 0 radical (unpaired) electrons. The molecule has 9 heteroatoms. The Bertz CT molecular complexity index is 1090. The van der Waals surface area contributed by atoms with Gasteiger partial charge in [0, 0.05) is 54.5 Å². The first-order valence-corrected chi connectivity index (χ1v) is 10.4. The van der Waals surface area contributed by atoms with E-state index >= 15 is 0 Å². The van der Waals surface area contributed by atoms with Crippen molar-refractivity contribution in [2.45, 2.75) is 50.0 Å². The third-order valence-corrected chi connectivity index (χ3v) is 6.06. The molecule has 1 aromatic carbocycles. The summed E-state index contributed by atoms with van der Waals surface area (Å²) in [7, 11) is 1.73. The third-order valence-electron chi connectivity index (χ3n) is 6.06. The fraction of sp³-hybridized carbons (Fsp3) is 0.409. The largest absolute Gasteiger partial charge is 0.507 e. The minimum atomic E-state index is -1.10. The number of ether oxygens (including phenoxy) is 1. The van der Waals surface area contributed by atoms with E-state index in [1.165, 1.54) is 18.3 Å². The van der Waals surface area contributed by atoms with Gasteiger partial charge < -0.3 is 15.2 Å². The van der Waals surface area contributed by atoms with Crippen molar-refractivity contribution in [2.24, 2.45) is 7.05 Å². The molecule has 2 fully saturated rings. The van der Waals surface area contributed by atoms with Crippen LogP contribution in [0.1, 0.15) is 25.7 Å². The second-order valence-electron chi connectivity index (χ2n) is 8.25. The van der Waals surface area contributed by atoms with Crippen LogP contribution in [-0.2, 0) is 7.05 Å². The molecule has 0 amide bonds. The van der Waals surface area contributed by atoms with Gasteiger partial charge in [0.2, 0.25) is 5.88 Å². The Morgan fingerprint density at radius 3 is 2.81 bits per heavy atom. The van der Waals surface area contributed by atoms with Gasteiger partial charge in [-0.3, -0.25) is 4.68 Å². The number of rotatable bonds is 4. The Balaban J connectivity index is 1.35. The Kier molecular flexibility index (Phi) is 5.05. The predicted octanol–water partition coefficient (Wildman–Crippen LogP) is 3.39. The number of aryl methyl sites for hydroxylation is 1. The highest BCUT2D eigenvalue weighted by atomic mass is 19.1. The average Bonchev–Trinajstić information content (AvgIpc) is 3.20. The quantitative estimate of drug-likeness (QED) is 0.664. The zero-order valence-corrected chi connectivity index (χ0v) is 17.0. The van der Waals surface area contributed by atoms with E-state index < -0.39 is 18.1 Å². The third kappa shape index (κ3) is 3.85. The van der Waals surface area contributed by atoms with Crippen molar-refractivity contribution >= 4 is 0 Å². The summed E-state index contributed by atoms with van der Waals surface area (Å²) in [6, 6.07) is 5.79. The second kappa shape index (κ2) is 7.88. The number of aromatic hydroxyl groups is 1. The highest BCUT2D eigenvalue weighted by Crippen LogP contribution is 2.35. The van der Waals surface area contributed by atoms with E-state index in [1.54, 1.807) is 30.1 Å². The molecule has 0 spiro atoms. The van der Waals surface area contributed by atoms with Crippen LogP contribution in [0, 0.1) is 5.82 Å². The number of fused-ring (bicyclic) bond motifs is 2. The molecule has 2 aliphatic rings. The molecular weight excluding hydrogens is 404 g/mol. The van der Waals surface area contributed by atoms with Crippen LogP contribution in [-0.4, -0.2) is 49.4 Å². The molecule has 2 saturated heterocycles. The average molecular weight is 427 g/mol. The van der Waals surface area contributed by atoms with Crippen LogP contribution in [0.3, 0.4) is 0 Å². The SMILES string of the molecule is Cn1cc(-c2cc(O)c(-c3ccc(O[C@@H]4CC5CCCC(N5)[C@@H]4F)nn3)cc2F)cn1. The summed E-state index contributed by atoms with van der Waals surface area (Å²) in [4.78, 5) is 0. The van der Waals surface area contributed by atoms with E-state index in [0.29, 0.717) is 17.7 Å². The molecule has 4 atom stereocenters. The maximum atomic E-state index is 14.7. The molecule has 2 aliphatic heterocycles. The van der Waals surface area contributed by atoms with Crippen molar-refractivity contribution in [3.8, 4) is 34.0 Å². The second-order valence-corrected chi connectivity index (χ2v) is 8.25. The molecule has 0 aliphatic carbocycles. The number of hydrogen-bond acceptors (Lipinski definition) is 6. The highest BCUT2D eigenvalue weighted by molar-refractivity contribution is 5.74. The normalized spacial score (nSPS) is 25.4. The van der Waals surface area contributed by atoms with Crippen molar-refractivity contribution in [3.05, 3.63) is 42.5 Å². The van der Waals surface area contributed by atoms with E-state index in [2.05, 4.69) is 20.6 Å². The van der Waals surface area contributed by atoms with Gasteiger partial charge in [-0.15, -0.1) is 10.2 Å². The van der Waals surface area contributed by atoms with Gasteiger partial charge in [-0.1, -0.05) is 6.42 Å². The molecule has 7 nitrogen and oxygen atoms in total. The lowest BCUT2D eigenvalue weighted by molar-refractivity contribution is 0.00652. The molecule has 2 unspecified atom stereocenters. The van der Waals surface area contributed by atoms with Gasteiger partial charge in [-0.25, -0.2) is 8.78 Å². The first-order chi connectivity index (χ1) is 15.0. The van der Waals surface area contributed by atoms with Crippen LogP contribution in [0.5, 0.6) is 11.6 Å². The zero-order valence-electron chi connectivity index (χ0n) is 17.0. The Labute approximate surface area is 178 Å². The fourth-order valence-corrected chi connectivity index (χ4v) is 4.50. The number of alkyl halides is 1. The number of nitrogens with one attached hydrogen (secondary N) is 1. The first-order valence-electron chi connectivity index (χ1n) is 10.4. The molecule has 2 bridgehead atoms. The minimum Gasteiger partial charge on any atom is -0.507 e. The molecule has 3 aromatic rings. The summed E-state index contributed by atoms with van der Waals surface area (Å²) in [5, 5.41) is 25.9. The lowest BCUT2D eigenvalue weighted by Crippen LogP contribution is -2.59. The number of aromatic nitrogens is 4. The number of nitrogens with zero attached hydrogens (tertiary/aromatic N) is 4. The summed E-state index contributed by atoms with van der Waals surface area (Å²) in [5.41, 5.74) is 1.31. The number of phenolic OH excluding ortho intramolecular Hbond substituents is 1. The minimum absolute atomic E-state index is 0.127. The monoisotopic (exact) mass is 427 g/mol. The van der Waals surface area contributed by atoms with Crippen LogP contribution >= 0.6 is 0 Å². The molecular formula is C22H23F2N5O2. The van der Waals surface area contributed by atoms with Crippen molar-refractivity contribution < 1.29 is 18.6 Å². The number of benzene rings is 1. The predicted molar refractivity (Wildman–Crippen MR) is 110 cm³/mol. The van der Waals surface area contributed by atoms with Gasteiger partial charge in [-0.2, -0.15) is 5.10 Å². The maximum absolute atomic E-state index is 14.7. The van der Waals surface area contributed by atoms with Crippen LogP contribution in [0.15, 0.2) is 36.7 Å². The topological polar surface area (TPSA) is 85.1 Å². The summed E-state index contributed by atoms with van der Waals surface area (Å²) in [6.45, 7) is 0. The fourth-order valence-electron chi connectivity index (χ4n) is 4.50. The van der Waals surface area contributed by atoms with Crippen molar-refractivity contribution in [3.63, 3.8) is 0 Å². The van der Waals surface area contributed by atoms with Crippen molar-refractivity contribution in [1.29, 1.82) is 0 Å². The number of halogens is 2. The summed E-state index contributed by atoms with van der Waals surface area (Å²) in [6.07, 6.45) is 4.97. The number of piperidine rings is 2.